The van der Waals surface area contributed by atoms with Gasteiger partial charge in [-0.2, -0.15) is 0 Å². The predicted octanol–water partition coefficient (Wildman–Crippen LogP) is 6.15. The molecule has 196 valence electrons. The number of hydrogen-bond acceptors (Lipinski definition) is 7. The first-order chi connectivity index (χ1) is 18.4. The number of amides is 1. The number of nitrogens with one attached hydrogen (secondary N) is 1. The molecular formula is C29H27FN2O6. The monoisotopic (exact) mass is 518 g/mol. The Labute approximate surface area is 219 Å². The maximum atomic E-state index is 15.0. The van der Waals surface area contributed by atoms with Gasteiger partial charge in [-0.05, 0) is 42.8 Å². The number of aromatic nitrogens is 1. The van der Waals surface area contributed by atoms with Crippen molar-refractivity contribution in [2.75, 3.05) is 19.5 Å². The first-order valence-corrected chi connectivity index (χ1v) is 12.0. The minimum absolute atomic E-state index is 0.0501. The van der Waals surface area contributed by atoms with Crippen LogP contribution in [-0.4, -0.2) is 37.2 Å². The van der Waals surface area contributed by atoms with Crippen LogP contribution < -0.4 is 19.5 Å². The summed E-state index contributed by atoms with van der Waals surface area (Å²) in [4.78, 5) is 29.6. The summed E-state index contributed by atoms with van der Waals surface area (Å²) in [6.45, 7) is 1.87. The lowest BCUT2D eigenvalue weighted by Gasteiger charge is -2.17. The molecule has 0 spiro atoms. The molecule has 1 unspecified atom stereocenters. The van der Waals surface area contributed by atoms with E-state index in [0.717, 1.165) is 6.07 Å². The molecule has 1 atom stereocenters. The van der Waals surface area contributed by atoms with Crippen molar-refractivity contribution in [2.45, 2.75) is 25.9 Å². The normalized spacial score (nSPS) is 11.5. The number of fused-ring (bicyclic) bond motifs is 1. The third-order valence-electron chi connectivity index (χ3n) is 5.73. The number of esters is 1. The Balaban J connectivity index is 1.50. The van der Waals surface area contributed by atoms with Gasteiger partial charge in [0.2, 0.25) is 0 Å². The van der Waals surface area contributed by atoms with Crippen molar-refractivity contribution in [1.82, 2.24) is 4.98 Å². The van der Waals surface area contributed by atoms with Crippen LogP contribution in [0.5, 0.6) is 23.0 Å². The molecule has 3 aromatic carbocycles. The summed E-state index contributed by atoms with van der Waals surface area (Å²) in [5.41, 5.74) is 1.12. The number of carbonyl (C=O) groups is 2. The molecule has 1 aromatic heterocycles. The maximum Gasteiger partial charge on any atom is 0.338 e. The second kappa shape index (κ2) is 12.1. The van der Waals surface area contributed by atoms with Crippen LogP contribution in [0.1, 0.15) is 30.1 Å². The molecule has 0 aliphatic heterocycles. The maximum absolute atomic E-state index is 15.0. The largest absolute Gasteiger partial charge is 0.493 e. The molecule has 0 saturated carbocycles. The average molecular weight is 519 g/mol. The van der Waals surface area contributed by atoms with Gasteiger partial charge < -0.3 is 24.3 Å². The van der Waals surface area contributed by atoms with Crippen LogP contribution in [-0.2, 0) is 9.53 Å². The fourth-order valence-electron chi connectivity index (χ4n) is 3.82. The molecule has 4 rings (SSSR count). The standard InChI is InChI=1S/C29H27FN2O6/c1-4-8-25(38-29(34)18-9-6-5-7-10-18)28(33)32-19-11-12-24(21(30)15-19)37-23-13-14-31-22-17-27(36-3)26(35-2)16-20(22)23/h5-7,9-17,25H,4,8H2,1-3H3,(H,32,33). The molecule has 0 saturated heterocycles. The van der Waals surface area contributed by atoms with Gasteiger partial charge in [-0.25, -0.2) is 9.18 Å². The first-order valence-electron chi connectivity index (χ1n) is 12.0. The van der Waals surface area contributed by atoms with E-state index in [-0.39, 0.29) is 11.4 Å². The molecule has 1 heterocycles. The zero-order valence-corrected chi connectivity index (χ0v) is 21.2. The molecular weight excluding hydrogens is 491 g/mol. The molecule has 1 amide bonds. The summed E-state index contributed by atoms with van der Waals surface area (Å²) in [5.74, 6) is -0.550. The SMILES string of the molecule is CCCC(OC(=O)c1ccccc1)C(=O)Nc1ccc(Oc2ccnc3cc(OC)c(OC)cc23)c(F)c1. The van der Waals surface area contributed by atoms with Gasteiger partial charge in [0.25, 0.3) is 5.91 Å². The zero-order chi connectivity index (χ0) is 27.1. The van der Waals surface area contributed by atoms with Gasteiger partial charge in [-0.1, -0.05) is 31.5 Å². The van der Waals surface area contributed by atoms with E-state index in [1.165, 1.54) is 26.4 Å². The van der Waals surface area contributed by atoms with Crippen molar-refractivity contribution in [3.8, 4) is 23.0 Å². The Morgan fingerprint density at radius 2 is 1.66 bits per heavy atom. The van der Waals surface area contributed by atoms with Crippen LogP contribution in [0.25, 0.3) is 10.9 Å². The van der Waals surface area contributed by atoms with Gasteiger partial charge in [-0.3, -0.25) is 9.78 Å². The van der Waals surface area contributed by atoms with Gasteiger partial charge >= 0.3 is 5.97 Å². The number of methoxy groups -OCH3 is 2. The number of halogens is 1. The third kappa shape index (κ3) is 6.00. The van der Waals surface area contributed by atoms with Crippen molar-refractivity contribution >= 4 is 28.5 Å². The molecule has 9 heteroatoms. The summed E-state index contributed by atoms with van der Waals surface area (Å²) in [6, 6.07) is 17.5. The van der Waals surface area contributed by atoms with Crippen molar-refractivity contribution in [3.05, 3.63) is 84.3 Å². The highest BCUT2D eigenvalue weighted by atomic mass is 19.1. The zero-order valence-electron chi connectivity index (χ0n) is 21.2. The van der Waals surface area contributed by atoms with Crippen LogP contribution in [0.2, 0.25) is 0 Å². The number of benzene rings is 3. The Hall–Kier alpha value is -4.66. The van der Waals surface area contributed by atoms with Crippen LogP contribution >= 0.6 is 0 Å². The van der Waals surface area contributed by atoms with Crippen molar-refractivity contribution in [3.63, 3.8) is 0 Å². The third-order valence-corrected chi connectivity index (χ3v) is 5.73. The van der Waals surface area contributed by atoms with E-state index in [1.54, 1.807) is 54.7 Å². The van der Waals surface area contributed by atoms with Crippen molar-refractivity contribution in [1.29, 1.82) is 0 Å². The molecule has 0 fully saturated rings. The molecule has 38 heavy (non-hydrogen) atoms. The highest BCUT2D eigenvalue weighted by Crippen LogP contribution is 2.37. The number of nitrogens with zero attached hydrogens (tertiary/aromatic N) is 1. The molecule has 0 bridgehead atoms. The molecule has 1 N–H and O–H groups in total. The number of hydrogen-bond donors (Lipinski definition) is 1. The lowest BCUT2D eigenvalue weighted by Crippen LogP contribution is -2.32. The summed E-state index contributed by atoms with van der Waals surface area (Å²) >= 11 is 0. The fraction of sp³-hybridized carbons (Fsp3) is 0.207. The van der Waals surface area contributed by atoms with Gasteiger partial charge in [0.1, 0.15) is 5.75 Å². The lowest BCUT2D eigenvalue weighted by molar-refractivity contribution is -0.125. The molecule has 0 aliphatic carbocycles. The van der Waals surface area contributed by atoms with Crippen LogP contribution in [0, 0.1) is 5.82 Å². The topological polar surface area (TPSA) is 96.0 Å². The van der Waals surface area contributed by atoms with E-state index < -0.39 is 23.8 Å². The second-order valence-corrected chi connectivity index (χ2v) is 8.32. The average Bonchev–Trinajstić information content (AvgIpc) is 2.94. The van der Waals surface area contributed by atoms with Gasteiger partial charge in [-0.15, -0.1) is 0 Å². The van der Waals surface area contributed by atoms with Gasteiger partial charge in [0.05, 0.1) is 25.3 Å². The first kappa shape index (κ1) is 26.4. The molecule has 0 aliphatic rings. The Morgan fingerprint density at radius 3 is 2.34 bits per heavy atom. The molecule has 8 nitrogen and oxygen atoms in total. The smallest absolute Gasteiger partial charge is 0.338 e. The van der Waals surface area contributed by atoms with Crippen LogP contribution in [0.4, 0.5) is 10.1 Å². The van der Waals surface area contributed by atoms with E-state index in [0.29, 0.717) is 46.6 Å². The molecule has 4 aromatic rings. The van der Waals surface area contributed by atoms with Gasteiger partial charge in [0, 0.05) is 29.4 Å². The van der Waals surface area contributed by atoms with E-state index in [1.807, 2.05) is 6.92 Å². The van der Waals surface area contributed by atoms with E-state index in [9.17, 15) is 9.59 Å². The second-order valence-electron chi connectivity index (χ2n) is 8.32. The van der Waals surface area contributed by atoms with E-state index in [2.05, 4.69) is 10.3 Å². The number of carbonyl (C=O) groups excluding carboxylic acids is 2. The highest BCUT2D eigenvalue weighted by molar-refractivity contribution is 5.97. The fourth-order valence-corrected chi connectivity index (χ4v) is 3.82. The Bertz CT molecular complexity index is 1440. The highest BCUT2D eigenvalue weighted by Gasteiger charge is 2.23. The predicted molar refractivity (Wildman–Crippen MR) is 141 cm³/mol. The number of rotatable bonds is 10. The minimum Gasteiger partial charge on any atom is -0.493 e. The summed E-state index contributed by atoms with van der Waals surface area (Å²) < 4.78 is 37.0. The van der Waals surface area contributed by atoms with Gasteiger partial charge in [0.15, 0.2) is 29.2 Å². The van der Waals surface area contributed by atoms with Crippen molar-refractivity contribution in [2.24, 2.45) is 0 Å². The van der Waals surface area contributed by atoms with E-state index >= 15 is 4.39 Å². The summed E-state index contributed by atoms with van der Waals surface area (Å²) in [5, 5.41) is 3.22. The Kier molecular flexibility index (Phi) is 8.37. The number of pyridine rings is 1. The lowest BCUT2D eigenvalue weighted by atomic mass is 10.1. The van der Waals surface area contributed by atoms with Crippen molar-refractivity contribution < 1.29 is 32.9 Å². The quantitative estimate of drug-likeness (QED) is 0.252. The Morgan fingerprint density at radius 1 is 0.921 bits per heavy atom. The molecule has 0 radical (unpaired) electrons. The summed E-state index contributed by atoms with van der Waals surface area (Å²) in [6.07, 6.45) is 1.44. The minimum atomic E-state index is -1.03. The van der Waals surface area contributed by atoms with Crippen LogP contribution in [0.15, 0.2) is 72.9 Å². The van der Waals surface area contributed by atoms with E-state index in [4.69, 9.17) is 18.9 Å². The summed E-state index contributed by atoms with van der Waals surface area (Å²) in [7, 11) is 3.04. The van der Waals surface area contributed by atoms with Crippen LogP contribution in [0.3, 0.4) is 0 Å². The number of anilines is 1. The number of ether oxygens (including phenoxy) is 4.